The first-order chi connectivity index (χ1) is 18.4. The Morgan fingerprint density at radius 1 is 1.00 bits per heavy atom. The van der Waals surface area contributed by atoms with Crippen LogP contribution in [0.15, 0.2) is 77.7 Å². The molecule has 208 valence electrons. The van der Waals surface area contributed by atoms with Gasteiger partial charge in [0.15, 0.2) is 0 Å². The van der Waals surface area contributed by atoms with Gasteiger partial charge in [0, 0.05) is 17.6 Å². The van der Waals surface area contributed by atoms with Gasteiger partial charge in [0.1, 0.15) is 18.4 Å². The number of carbonyl (C=O) groups is 2. The second kappa shape index (κ2) is 13.1. The molecule has 10 heteroatoms. The summed E-state index contributed by atoms with van der Waals surface area (Å²) in [7, 11) is -4.26. The van der Waals surface area contributed by atoms with Crippen molar-refractivity contribution in [2.75, 3.05) is 10.8 Å². The van der Waals surface area contributed by atoms with Crippen molar-refractivity contribution in [2.24, 2.45) is 0 Å². The zero-order chi connectivity index (χ0) is 28.7. The standard InChI is InChI=1S/C29H33ClFN3O4S/c1-5-21(3)32-29(36)22(4)33(18-23-7-6-8-24(30)17-23)28(35)19-34(26-13-9-20(2)10-14-26)39(37,38)27-15-11-25(31)12-16-27/h6-17,21-22H,5,18-19H2,1-4H3,(H,32,36)/t21-,22+/m0/s1. The average Bonchev–Trinajstić information content (AvgIpc) is 2.90. The normalized spacial score (nSPS) is 12.9. The summed E-state index contributed by atoms with van der Waals surface area (Å²) in [6, 6.07) is 17.0. The molecule has 0 spiro atoms. The Bertz CT molecular complexity index is 1400. The van der Waals surface area contributed by atoms with Crippen molar-refractivity contribution in [3.8, 4) is 0 Å². The summed E-state index contributed by atoms with van der Waals surface area (Å²) in [5.41, 5.74) is 1.85. The number of nitrogens with one attached hydrogen (secondary N) is 1. The Morgan fingerprint density at radius 2 is 1.64 bits per heavy atom. The summed E-state index contributed by atoms with van der Waals surface area (Å²) in [6.45, 7) is 6.71. The van der Waals surface area contributed by atoms with Crippen LogP contribution in [0.1, 0.15) is 38.3 Å². The Kier molecular flexibility index (Phi) is 10.1. The fourth-order valence-corrected chi connectivity index (χ4v) is 5.48. The van der Waals surface area contributed by atoms with Crippen molar-refractivity contribution < 1.29 is 22.4 Å². The smallest absolute Gasteiger partial charge is 0.264 e. The highest BCUT2D eigenvalue weighted by molar-refractivity contribution is 7.92. The van der Waals surface area contributed by atoms with E-state index in [0.717, 1.165) is 34.1 Å². The number of nitrogens with zero attached hydrogens (tertiary/aromatic N) is 2. The van der Waals surface area contributed by atoms with Gasteiger partial charge >= 0.3 is 0 Å². The molecule has 39 heavy (non-hydrogen) atoms. The number of benzene rings is 3. The number of aryl methyl sites for hydroxylation is 1. The first kappa shape index (κ1) is 30.1. The fraction of sp³-hybridized carbons (Fsp3) is 0.310. The van der Waals surface area contributed by atoms with Crippen molar-refractivity contribution in [1.82, 2.24) is 10.2 Å². The number of hydrogen-bond donors (Lipinski definition) is 1. The molecule has 0 aliphatic carbocycles. The minimum Gasteiger partial charge on any atom is -0.352 e. The van der Waals surface area contributed by atoms with Gasteiger partial charge in [-0.05, 0) is 81.3 Å². The molecule has 7 nitrogen and oxygen atoms in total. The Labute approximate surface area is 234 Å². The topological polar surface area (TPSA) is 86.8 Å². The molecule has 3 aromatic carbocycles. The molecule has 1 N–H and O–H groups in total. The van der Waals surface area contributed by atoms with Crippen LogP contribution in [0.2, 0.25) is 5.02 Å². The Morgan fingerprint density at radius 3 is 2.23 bits per heavy atom. The molecule has 2 atom stereocenters. The van der Waals surface area contributed by atoms with Gasteiger partial charge in [-0.25, -0.2) is 12.8 Å². The van der Waals surface area contributed by atoms with Crippen LogP contribution in [0.25, 0.3) is 0 Å². The SMILES string of the molecule is CC[C@H](C)NC(=O)[C@@H](C)N(Cc1cccc(Cl)c1)C(=O)CN(c1ccc(C)cc1)S(=O)(=O)c1ccc(F)cc1. The third-order valence-electron chi connectivity index (χ3n) is 6.41. The molecular formula is C29H33ClFN3O4S. The van der Waals surface area contributed by atoms with E-state index in [9.17, 15) is 22.4 Å². The van der Waals surface area contributed by atoms with Gasteiger partial charge in [0.2, 0.25) is 11.8 Å². The summed E-state index contributed by atoms with van der Waals surface area (Å²) in [5, 5.41) is 3.36. The van der Waals surface area contributed by atoms with E-state index in [2.05, 4.69) is 5.32 Å². The molecule has 0 fully saturated rings. The second-order valence-corrected chi connectivity index (χ2v) is 11.7. The quantitative estimate of drug-likeness (QED) is 0.337. The van der Waals surface area contributed by atoms with E-state index in [1.54, 1.807) is 55.5 Å². The van der Waals surface area contributed by atoms with Gasteiger partial charge in [0.25, 0.3) is 10.0 Å². The van der Waals surface area contributed by atoms with E-state index in [-0.39, 0.29) is 29.1 Å². The lowest BCUT2D eigenvalue weighted by atomic mass is 10.1. The average molecular weight is 574 g/mol. The van der Waals surface area contributed by atoms with E-state index in [1.807, 2.05) is 20.8 Å². The number of rotatable bonds is 11. The van der Waals surface area contributed by atoms with E-state index in [0.29, 0.717) is 17.0 Å². The van der Waals surface area contributed by atoms with Gasteiger partial charge < -0.3 is 10.2 Å². The third-order valence-corrected chi connectivity index (χ3v) is 8.44. The molecule has 0 heterocycles. The molecule has 2 amide bonds. The van der Waals surface area contributed by atoms with Crippen molar-refractivity contribution in [2.45, 2.75) is 57.6 Å². The van der Waals surface area contributed by atoms with Gasteiger partial charge in [-0.3, -0.25) is 13.9 Å². The second-order valence-electron chi connectivity index (χ2n) is 9.45. The van der Waals surface area contributed by atoms with Crippen molar-refractivity contribution >= 4 is 39.1 Å². The molecule has 3 aromatic rings. The molecule has 0 aliphatic heterocycles. The molecule has 0 aromatic heterocycles. The predicted molar refractivity (Wildman–Crippen MR) is 151 cm³/mol. The van der Waals surface area contributed by atoms with Gasteiger partial charge in [0.05, 0.1) is 10.6 Å². The predicted octanol–water partition coefficient (Wildman–Crippen LogP) is 5.31. The monoisotopic (exact) mass is 573 g/mol. The van der Waals surface area contributed by atoms with E-state index in [4.69, 9.17) is 11.6 Å². The highest BCUT2D eigenvalue weighted by Gasteiger charge is 2.32. The molecule has 0 saturated heterocycles. The molecular weight excluding hydrogens is 541 g/mol. The van der Waals surface area contributed by atoms with Crippen LogP contribution in [0, 0.1) is 12.7 Å². The van der Waals surface area contributed by atoms with Crippen LogP contribution in [-0.4, -0.2) is 43.8 Å². The van der Waals surface area contributed by atoms with Crippen molar-refractivity contribution in [3.05, 3.63) is 94.8 Å². The Hall–Kier alpha value is -3.43. The van der Waals surface area contributed by atoms with Crippen LogP contribution < -0.4 is 9.62 Å². The Balaban J connectivity index is 2.02. The van der Waals surface area contributed by atoms with Gasteiger partial charge in [-0.15, -0.1) is 0 Å². The van der Waals surface area contributed by atoms with E-state index >= 15 is 0 Å². The molecule has 0 radical (unpaired) electrons. The molecule has 0 saturated carbocycles. The van der Waals surface area contributed by atoms with Gasteiger partial charge in [-0.2, -0.15) is 0 Å². The number of halogens is 2. The molecule has 0 aliphatic rings. The van der Waals surface area contributed by atoms with E-state index < -0.39 is 34.3 Å². The van der Waals surface area contributed by atoms with Crippen molar-refractivity contribution in [3.63, 3.8) is 0 Å². The van der Waals surface area contributed by atoms with Crippen LogP contribution in [0.4, 0.5) is 10.1 Å². The first-order valence-electron chi connectivity index (χ1n) is 12.6. The van der Waals surface area contributed by atoms with E-state index in [1.165, 1.54) is 4.90 Å². The highest BCUT2D eigenvalue weighted by atomic mass is 35.5. The first-order valence-corrected chi connectivity index (χ1v) is 14.4. The summed E-state index contributed by atoms with van der Waals surface area (Å²) in [6.07, 6.45) is 0.706. The number of sulfonamides is 1. The van der Waals surface area contributed by atoms with Crippen LogP contribution in [-0.2, 0) is 26.2 Å². The molecule has 0 unspecified atom stereocenters. The summed E-state index contributed by atoms with van der Waals surface area (Å²) in [5.74, 6) is -1.53. The van der Waals surface area contributed by atoms with Crippen LogP contribution in [0.3, 0.4) is 0 Å². The maximum Gasteiger partial charge on any atom is 0.264 e. The lowest BCUT2D eigenvalue weighted by Crippen LogP contribution is -2.52. The summed E-state index contributed by atoms with van der Waals surface area (Å²) >= 11 is 6.16. The zero-order valence-corrected chi connectivity index (χ0v) is 24.0. The van der Waals surface area contributed by atoms with Crippen molar-refractivity contribution in [1.29, 1.82) is 0 Å². The maximum atomic E-state index is 13.9. The zero-order valence-electron chi connectivity index (χ0n) is 22.4. The molecule has 3 rings (SSSR count). The maximum absolute atomic E-state index is 13.9. The minimum atomic E-state index is -4.26. The third kappa shape index (κ3) is 7.80. The number of hydrogen-bond acceptors (Lipinski definition) is 4. The summed E-state index contributed by atoms with van der Waals surface area (Å²) < 4.78 is 42.0. The van der Waals surface area contributed by atoms with Crippen LogP contribution in [0.5, 0.6) is 0 Å². The number of anilines is 1. The highest BCUT2D eigenvalue weighted by Crippen LogP contribution is 2.25. The minimum absolute atomic E-state index is 0.0345. The fourth-order valence-electron chi connectivity index (χ4n) is 3.85. The lowest BCUT2D eigenvalue weighted by molar-refractivity contribution is -0.139. The number of carbonyl (C=O) groups excluding carboxylic acids is 2. The lowest BCUT2D eigenvalue weighted by Gasteiger charge is -2.32. The van der Waals surface area contributed by atoms with Gasteiger partial charge in [-0.1, -0.05) is 48.4 Å². The molecule has 0 bridgehead atoms. The number of amides is 2. The largest absolute Gasteiger partial charge is 0.352 e. The van der Waals surface area contributed by atoms with Crippen LogP contribution >= 0.6 is 11.6 Å². The summed E-state index contributed by atoms with van der Waals surface area (Å²) in [4.78, 5) is 28.1.